The summed E-state index contributed by atoms with van der Waals surface area (Å²) >= 11 is 0. The molecule has 0 aromatic heterocycles. The van der Waals surface area contributed by atoms with Gasteiger partial charge in [-0.15, -0.1) is 0 Å². The predicted octanol–water partition coefficient (Wildman–Crippen LogP) is 4.23. The SMILES string of the molecule is CC(C)CCCCCCNCCC(C)C. The van der Waals surface area contributed by atoms with Crippen molar-refractivity contribution in [2.75, 3.05) is 13.1 Å². The third-order valence-electron chi connectivity index (χ3n) is 2.78. The minimum absolute atomic E-state index is 0.837. The van der Waals surface area contributed by atoms with Crippen LogP contribution >= 0.6 is 0 Å². The van der Waals surface area contributed by atoms with Crippen molar-refractivity contribution in [3.05, 3.63) is 0 Å². The van der Waals surface area contributed by atoms with E-state index in [4.69, 9.17) is 0 Å². The van der Waals surface area contributed by atoms with Crippen LogP contribution in [0.25, 0.3) is 0 Å². The third-order valence-corrected chi connectivity index (χ3v) is 2.78. The molecule has 1 nitrogen and oxygen atoms in total. The number of rotatable bonds is 10. The molecule has 0 fully saturated rings. The van der Waals surface area contributed by atoms with Gasteiger partial charge in [-0.3, -0.25) is 0 Å². The van der Waals surface area contributed by atoms with E-state index in [9.17, 15) is 0 Å². The Bertz CT molecular complexity index is 105. The summed E-state index contributed by atoms with van der Waals surface area (Å²) in [7, 11) is 0. The summed E-state index contributed by atoms with van der Waals surface area (Å²) in [5, 5.41) is 3.52. The quantitative estimate of drug-likeness (QED) is 0.536. The maximum Gasteiger partial charge on any atom is -0.00465 e. The largest absolute Gasteiger partial charge is 0.317 e. The van der Waals surface area contributed by atoms with Crippen LogP contribution in [0.4, 0.5) is 0 Å². The molecule has 0 heterocycles. The Labute approximate surface area is 97.0 Å². The Hall–Kier alpha value is -0.0400. The normalized spacial score (nSPS) is 11.6. The molecule has 0 saturated heterocycles. The maximum absolute atomic E-state index is 3.52. The lowest BCUT2D eigenvalue weighted by Gasteiger charge is -2.07. The molecule has 0 aromatic carbocycles. The van der Waals surface area contributed by atoms with Crippen molar-refractivity contribution in [1.82, 2.24) is 5.32 Å². The molecule has 0 bridgehead atoms. The first-order chi connectivity index (χ1) is 7.13. The highest BCUT2D eigenvalue weighted by Gasteiger charge is 1.95. The Morgan fingerprint density at radius 3 is 1.87 bits per heavy atom. The van der Waals surface area contributed by atoms with Crippen molar-refractivity contribution in [2.45, 2.75) is 66.2 Å². The molecule has 0 aromatic rings. The smallest absolute Gasteiger partial charge is 0.00465 e. The molecule has 0 aliphatic heterocycles. The zero-order chi connectivity index (χ0) is 11.5. The molecule has 0 aliphatic rings. The first kappa shape index (κ1) is 15.0. The molecule has 0 atom stereocenters. The number of nitrogens with one attached hydrogen (secondary N) is 1. The van der Waals surface area contributed by atoms with Crippen molar-refractivity contribution < 1.29 is 0 Å². The average Bonchev–Trinajstić information content (AvgIpc) is 2.14. The molecule has 0 spiro atoms. The molecule has 1 heteroatoms. The van der Waals surface area contributed by atoms with E-state index < -0.39 is 0 Å². The maximum atomic E-state index is 3.52. The van der Waals surface area contributed by atoms with Gasteiger partial charge in [0.05, 0.1) is 0 Å². The fraction of sp³-hybridized carbons (Fsp3) is 1.00. The summed E-state index contributed by atoms with van der Waals surface area (Å²) in [5.74, 6) is 1.72. The first-order valence-corrected chi connectivity index (χ1v) is 6.83. The van der Waals surface area contributed by atoms with Crippen LogP contribution in [0.1, 0.15) is 66.2 Å². The van der Waals surface area contributed by atoms with Gasteiger partial charge in [-0.05, 0) is 37.8 Å². The Morgan fingerprint density at radius 2 is 1.27 bits per heavy atom. The number of hydrogen-bond donors (Lipinski definition) is 1. The van der Waals surface area contributed by atoms with Crippen LogP contribution in [0.3, 0.4) is 0 Å². The topological polar surface area (TPSA) is 12.0 Å². The highest BCUT2D eigenvalue weighted by molar-refractivity contribution is 4.53. The summed E-state index contributed by atoms with van der Waals surface area (Å²) < 4.78 is 0. The second kappa shape index (κ2) is 10.5. The van der Waals surface area contributed by atoms with Crippen molar-refractivity contribution in [2.24, 2.45) is 11.8 Å². The van der Waals surface area contributed by atoms with E-state index in [1.807, 2.05) is 0 Å². The van der Waals surface area contributed by atoms with E-state index in [1.165, 1.54) is 51.6 Å². The molecular weight excluding hydrogens is 182 g/mol. The van der Waals surface area contributed by atoms with Gasteiger partial charge in [0.2, 0.25) is 0 Å². The summed E-state index contributed by atoms with van der Waals surface area (Å²) in [6.07, 6.45) is 8.32. The lowest BCUT2D eigenvalue weighted by Crippen LogP contribution is -2.17. The molecule has 0 aliphatic carbocycles. The minimum Gasteiger partial charge on any atom is -0.317 e. The second-order valence-electron chi connectivity index (χ2n) is 5.53. The van der Waals surface area contributed by atoms with Crippen molar-refractivity contribution in [3.63, 3.8) is 0 Å². The number of hydrogen-bond acceptors (Lipinski definition) is 1. The van der Waals surface area contributed by atoms with Crippen LogP contribution < -0.4 is 5.32 Å². The fourth-order valence-corrected chi connectivity index (χ4v) is 1.67. The van der Waals surface area contributed by atoms with E-state index in [1.54, 1.807) is 0 Å². The molecule has 0 saturated carbocycles. The van der Waals surface area contributed by atoms with Crippen LogP contribution in [0.2, 0.25) is 0 Å². The summed E-state index contributed by atoms with van der Waals surface area (Å²) in [4.78, 5) is 0. The highest BCUT2D eigenvalue weighted by atomic mass is 14.8. The van der Waals surface area contributed by atoms with Crippen LogP contribution in [0.5, 0.6) is 0 Å². The molecule has 0 radical (unpaired) electrons. The lowest BCUT2D eigenvalue weighted by atomic mass is 10.0. The van der Waals surface area contributed by atoms with E-state index >= 15 is 0 Å². The molecule has 0 amide bonds. The predicted molar refractivity (Wildman–Crippen MR) is 70.2 cm³/mol. The van der Waals surface area contributed by atoms with E-state index in [0.717, 1.165) is 11.8 Å². The van der Waals surface area contributed by atoms with Gasteiger partial charge in [-0.1, -0.05) is 53.4 Å². The van der Waals surface area contributed by atoms with Crippen LogP contribution in [-0.4, -0.2) is 13.1 Å². The Balaban J connectivity index is 2.93. The van der Waals surface area contributed by atoms with Gasteiger partial charge in [-0.25, -0.2) is 0 Å². The highest BCUT2D eigenvalue weighted by Crippen LogP contribution is 2.08. The van der Waals surface area contributed by atoms with E-state index in [-0.39, 0.29) is 0 Å². The third kappa shape index (κ3) is 14.0. The van der Waals surface area contributed by atoms with Crippen LogP contribution in [0, 0.1) is 11.8 Å². The van der Waals surface area contributed by atoms with Gasteiger partial charge in [0.25, 0.3) is 0 Å². The molecule has 15 heavy (non-hydrogen) atoms. The molecule has 1 N–H and O–H groups in total. The molecular formula is C14H31N. The monoisotopic (exact) mass is 213 g/mol. The van der Waals surface area contributed by atoms with Crippen molar-refractivity contribution in [1.29, 1.82) is 0 Å². The van der Waals surface area contributed by atoms with Gasteiger partial charge in [0, 0.05) is 0 Å². The lowest BCUT2D eigenvalue weighted by molar-refractivity contribution is 0.499. The van der Waals surface area contributed by atoms with Gasteiger partial charge < -0.3 is 5.32 Å². The van der Waals surface area contributed by atoms with Gasteiger partial charge in [0.15, 0.2) is 0 Å². The van der Waals surface area contributed by atoms with Gasteiger partial charge in [0.1, 0.15) is 0 Å². The van der Waals surface area contributed by atoms with E-state index in [2.05, 4.69) is 33.0 Å². The fourth-order valence-electron chi connectivity index (χ4n) is 1.67. The van der Waals surface area contributed by atoms with Crippen LogP contribution in [-0.2, 0) is 0 Å². The standard InChI is InChI=1S/C14H31N/c1-13(2)9-7-5-6-8-11-15-12-10-14(3)4/h13-15H,5-12H2,1-4H3. The Kier molecular flexibility index (Phi) is 10.4. The van der Waals surface area contributed by atoms with Gasteiger partial charge in [-0.2, -0.15) is 0 Å². The minimum atomic E-state index is 0.837. The molecule has 0 unspecified atom stereocenters. The van der Waals surface area contributed by atoms with Crippen LogP contribution in [0.15, 0.2) is 0 Å². The average molecular weight is 213 g/mol. The zero-order valence-electron chi connectivity index (χ0n) is 11.3. The number of unbranched alkanes of at least 4 members (excludes halogenated alkanes) is 3. The molecule has 92 valence electrons. The molecule has 0 rings (SSSR count). The van der Waals surface area contributed by atoms with Crippen molar-refractivity contribution >= 4 is 0 Å². The second-order valence-corrected chi connectivity index (χ2v) is 5.53. The van der Waals surface area contributed by atoms with Crippen molar-refractivity contribution in [3.8, 4) is 0 Å². The van der Waals surface area contributed by atoms with E-state index in [0.29, 0.717) is 0 Å². The zero-order valence-corrected chi connectivity index (χ0v) is 11.3. The summed E-state index contributed by atoms with van der Waals surface area (Å²) in [5.41, 5.74) is 0. The summed E-state index contributed by atoms with van der Waals surface area (Å²) in [6.45, 7) is 11.6. The first-order valence-electron chi connectivity index (χ1n) is 6.83. The Morgan fingerprint density at radius 1 is 0.667 bits per heavy atom. The van der Waals surface area contributed by atoms with Gasteiger partial charge >= 0.3 is 0 Å². The summed E-state index contributed by atoms with van der Waals surface area (Å²) in [6, 6.07) is 0.